The quantitative estimate of drug-likeness (QED) is 0.449. The van der Waals surface area contributed by atoms with Crippen LogP contribution < -0.4 is 15.5 Å². The third-order valence-electron chi connectivity index (χ3n) is 7.66. The zero-order valence-corrected chi connectivity index (χ0v) is 23.7. The predicted octanol–water partition coefficient (Wildman–Crippen LogP) is 1.35. The Morgan fingerprint density at radius 1 is 1.00 bits per heavy atom. The van der Waals surface area contributed by atoms with Gasteiger partial charge in [0, 0.05) is 38.3 Å². The van der Waals surface area contributed by atoms with Crippen LogP contribution in [0, 0.1) is 0 Å². The normalized spacial score (nSPS) is 24.0. The van der Waals surface area contributed by atoms with Gasteiger partial charge in [0.1, 0.15) is 18.1 Å². The predicted molar refractivity (Wildman–Crippen MR) is 150 cm³/mol. The van der Waals surface area contributed by atoms with E-state index in [1.807, 2.05) is 49.3 Å². The summed E-state index contributed by atoms with van der Waals surface area (Å²) in [5.74, 6) is -2.31. The van der Waals surface area contributed by atoms with Crippen molar-refractivity contribution in [3.05, 3.63) is 65.7 Å². The van der Waals surface area contributed by atoms with Crippen LogP contribution >= 0.6 is 0 Å². The minimum Gasteiger partial charge on any atom is -0.433 e. The lowest BCUT2D eigenvalue weighted by Crippen LogP contribution is -2.64. The number of hydrogen-bond donors (Lipinski definition) is 2. The number of ether oxygens (including phenoxy) is 2. The van der Waals surface area contributed by atoms with Crippen LogP contribution in [0.1, 0.15) is 48.0 Å². The smallest absolute Gasteiger partial charge is 0.310 e. The number of anilines is 1. The fraction of sp³-hybridized carbons (Fsp3) is 0.433. The molecule has 0 aromatic heterocycles. The van der Waals surface area contributed by atoms with Gasteiger partial charge in [0.15, 0.2) is 0 Å². The van der Waals surface area contributed by atoms with Crippen LogP contribution in [-0.2, 0) is 35.3 Å². The van der Waals surface area contributed by atoms with E-state index in [1.165, 1.54) is 10.0 Å². The van der Waals surface area contributed by atoms with Crippen molar-refractivity contribution in [2.75, 3.05) is 25.5 Å². The molecule has 12 nitrogen and oxygen atoms in total. The highest BCUT2D eigenvalue weighted by molar-refractivity contribution is 6.00. The lowest BCUT2D eigenvalue weighted by molar-refractivity contribution is -0.177. The van der Waals surface area contributed by atoms with Crippen LogP contribution in [0.4, 0.5) is 5.69 Å². The molecule has 4 amide bonds. The Morgan fingerprint density at radius 2 is 1.74 bits per heavy atom. The molecule has 2 aromatic rings. The molecule has 0 spiro atoms. The Kier molecular flexibility index (Phi) is 8.72. The zero-order chi connectivity index (χ0) is 29.8. The topological polar surface area (TPSA) is 138 Å². The van der Waals surface area contributed by atoms with Crippen LogP contribution in [0.5, 0.6) is 0 Å². The monoisotopic (exact) mass is 577 g/mol. The third kappa shape index (κ3) is 6.38. The molecular weight excluding hydrogens is 542 g/mol. The van der Waals surface area contributed by atoms with Gasteiger partial charge in [-0.3, -0.25) is 29.0 Å². The number of benzene rings is 2. The molecule has 3 aliphatic rings. The third-order valence-corrected chi connectivity index (χ3v) is 7.66. The molecule has 5 rings (SSSR count). The summed E-state index contributed by atoms with van der Waals surface area (Å²) in [6, 6.07) is 13.5. The number of esters is 1. The van der Waals surface area contributed by atoms with Gasteiger partial charge < -0.3 is 25.0 Å². The first-order valence-corrected chi connectivity index (χ1v) is 14.1. The number of hydrazine groups is 1. The molecule has 3 fully saturated rings. The number of cyclic esters (lactones) is 1. The van der Waals surface area contributed by atoms with Crippen LogP contribution in [-0.4, -0.2) is 84.7 Å². The van der Waals surface area contributed by atoms with E-state index in [2.05, 4.69) is 10.6 Å². The zero-order valence-electron chi connectivity index (χ0n) is 23.7. The minimum absolute atomic E-state index is 0.0431. The van der Waals surface area contributed by atoms with Crippen molar-refractivity contribution in [2.45, 2.75) is 63.1 Å². The molecule has 0 radical (unpaired) electrons. The molecule has 12 heteroatoms. The van der Waals surface area contributed by atoms with Crippen molar-refractivity contribution in [2.24, 2.45) is 0 Å². The average molecular weight is 578 g/mol. The highest BCUT2D eigenvalue weighted by Gasteiger charge is 2.46. The van der Waals surface area contributed by atoms with Crippen molar-refractivity contribution in [1.82, 2.24) is 20.7 Å². The highest BCUT2D eigenvalue weighted by Crippen LogP contribution is 2.26. The number of fused-ring (bicyclic) bond motifs is 1. The van der Waals surface area contributed by atoms with Crippen LogP contribution in [0.2, 0.25) is 0 Å². The van der Waals surface area contributed by atoms with Crippen molar-refractivity contribution in [1.29, 1.82) is 0 Å². The van der Waals surface area contributed by atoms with Gasteiger partial charge >= 0.3 is 5.97 Å². The molecule has 0 aliphatic carbocycles. The van der Waals surface area contributed by atoms with Gasteiger partial charge in [0.2, 0.25) is 18.1 Å². The van der Waals surface area contributed by atoms with E-state index in [1.54, 1.807) is 24.3 Å². The lowest BCUT2D eigenvalue weighted by Gasteiger charge is -2.43. The van der Waals surface area contributed by atoms with Gasteiger partial charge in [-0.05, 0) is 49.1 Å². The summed E-state index contributed by atoms with van der Waals surface area (Å²) in [7, 11) is 3.78. The molecule has 1 unspecified atom stereocenters. The molecule has 42 heavy (non-hydrogen) atoms. The molecule has 3 aliphatic heterocycles. The van der Waals surface area contributed by atoms with Gasteiger partial charge in [-0.1, -0.05) is 30.3 Å². The summed E-state index contributed by atoms with van der Waals surface area (Å²) in [5, 5.41) is 8.08. The fourth-order valence-corrected chi connectivity index (χ4v) is 5.40. The van der Waals surface area contributed by atoms with E-state index in [-0.39, 0.29) is 38.3 Å². The first-order valence-electron chi connectivity index (χ1n) is 14.1. The first-order chi connectivity index (χ1) is 20.2. The molecule has 3 heterocycles. The van der Waals surface area contributed by atoms with Crippen molar-refractivity contribution >= 4 is 35.3 Å². The molecule has 2 aromatic carbocycles. The maximum Gasteiger partial charge on any atom is 0.310 e. The Balaban J connectivity index is 1.28. The van der Waals surface area contributed by atoms with E-state index >= 15 is 0 Å². The molecule has 0 saturated carbocycles. The second-order valence-corrected chi connectivity index (χ2v) is 10.8. The standard InChI is InChI=1S/C30H35N5O7/c1-33(2)21-12-10-20(11-13-21)27(38)31-22-14-15-25(36)34-16-6-9-24(35(34)29(22)40)28(39)32-23-17-26(37)42-30(23)41-18-19-7-4-3-5-8-19/h3-5,7-8,10-13,22-24,30H,6,9,14-18H2,1-2H3,(H,31,38)(H,32,39)/t22-,23-,24-,30?/m0/s1. The summed E-state index contributed by atoms with van der Waals surface area (Å²) in [4.78, 5) is 67.4. The van der Waals surface area contributed by atoms with E-state index in [0.29, 0.717) is 18.4 Å². The van der Waals surface area contributed by atoms with E-state index < -0.39 is 48.1 Å². The highest BCUT2D eigenvalue weighted by atomic mass is 16.7. The Hall–Kier alpha value is -4.45. The molecule has 4 atom stereocenters. The number of carbonyl (C=O) groups is 5. The van der Waals surface area contributed by atoms with E-state index in [0.717, 1.165) is 11.3 Å². The maximum absolute atomic E-state index is 13.8. The summed E-state index contributed by atoms with van der Waals surface area (Å²) >= 11 is 0. The number of nitrogens with one attached hydrogen (secondary N) is 2. The second kappa shape index (κ2) is 12.6. The molecule has 3 saturated heterocycles. The second-order valence-electron chi connectivity index (χ2n) is 10.8. The number of nitrogens with zero attached hydrogens (tertiary/aromatic N) is 3. The molecule has 222 valence electrons. The average Bonchev–Trinajstić information content (AvgIpc) is 3.30. The van der Waals surface area contributed by atoms with Crippen molar-refractivity contribution < 1.29 is 33.4 Å². The summed E-state index contributed by atoms with van der Waals surface area (Å²) in [6.07, 6.45) is -0.0989. The SMILES string of the molecule is CN(C)c1ccc(C(=O)N[C@H]2CCC(=O)N3CCC[C@@H](C(=O)N[C@H]4CC(=O)OC4OCc4ccccc4)N3C2=O)cc1. The van der Waals surface area contributed by atoms with Crippen molar-refractivity contribution in [3.8, 4) is 0 Å². The van der Waals surface area contributed by atoms with Gasteiger partial charge in [-0.2, -0.15) is 0 Å². The number of amides is 4. The van der Waals surface area contributed by atoms with E-state index in [9.17, 15) is 24.0 Å². The molecule has 0 bridgehead atoms. The first kappa shape index (κ1) is 29.1. The van der Waals surface area contributed by atoms with E-state index in [4.69, 9.17) is 9.47 Å². The Labute approximate surface area is 243 Å². The van der Waals surface area contributed by atoms with Crippen LogP contribution in [0.25, 0.3) is 0 Å². The summed E-state index contributed by atoms with van der Waals surface area (Å²) in [6.45, 7) is 0.468. The van der Waals surface area contributed by atoms with Gasteiger partial charge in [0.05, 0.1) is 13.0 Å². The Bertz CT molecular complexity index is 1330. The number of carbonyl (C=O) groups excluding carboxylic acids is 5. The fourth-order valence-electron chi connectivity index (χ4n) is 5.40. The minimum atomic E-state index is -1.00. The largest absolute Gasteiger partial charge is 0.433 e. The van der Waals surface area contributed by atoms with Gasteiger partial charge in [-0.15, -0.1) is 0 Å². The van der Waals surface area contributed by atoms with Gasteiger partial charge in [-0.25, -0.2) is 5.01 Å². The number of hydrogen-bond acceptors (Lipinski definition) is 8. The van der Waals surface area contributed by atoms with Gasteiger partial charge in [0.25, 0.3) is 11.8 Å². The summed E-state index contributed by atoms with van der Waals surface area (Å²) in [5.41, 5.74) is 2.17. The summed E-state index contributed by atoms with van der Waals surface area (Å²) < 4.78 is 11.1. The maximum atomic E-state index is 13.8. The molecular formula is C30H35N5O7. The molecule has 2 N–H and O–H groups in total. The van der Waals surface area contributed by atoms with Crippen molar-refractivity contribution in [3.63, 3.8) is 0 Å². The number of rotatable bonds is 8. The van der Waals surface area contributed by atoms with Crippen LogP contribution in [0.3, 0.4) is 0 Å². The Morgan fingerprint density at radius 3 is 2.45 bits per heavy atom. The lowest BCUT2D eigenvalue weighted by atomic mass is 10.0. The van der Waals surface area contributed by atoms with Crippen LogP contribution in [0.15, 0.2) is 54.6 Å².